The third-order valence-electron chi connectivity index (χ3n) is 7.62. The van der Waals surface area contributed by atoms with Crippen LogP contribution in [-0.4, -0.2) is 83.4 Å². The summed E-state index contributed by atoms with van der Waals surface area (Å²) < 4.78 is 73.2. The molecule has 9 nitrogen and oxygen atoms in total. The Bertz CT molecular complexity index is 1680. The maximum Gasteiger partial charge on any atom is 0.306 e. The van der Waals surface area contributed by atoms with Crippen molar-refractivity contribution in [3.05, 3.63) is 57.0 Å². The lowest BCUT2D eigenvalue weighted by Crippen LogP contribution is -2.44. The second kappa shape index (κ2) is 14.8. The quantitative estimate of drug-likeness (QED) is 0.0685. The van der Waals surface area contributed by atoms with Crippen molar-refractivity contribution in [1.29, 1.82) is 0 Å². The minimum atomic E-state index is -4.34. The molecule has 0 amide bonds. The van der Waals surface area contributed by atoms with E-state index in [0.29, 0.717) is 28.7 Å². The fraction of sp³-hybridized carbons (Fsp3) is 0.533. The summed E-state index contributed by atoms with van der Waals surface area (Å²) in [5, 5.41) is 0.0489. The smallest absolute Gasteiger partial charge is 0.306 e. The molecule has 3 heterocycles. The van der Waals surface area contributed by atoms with Crippen molar-refractivity contribution < 1.29 is 31.5 Å². The Kier molecular flexibility index (Phi) is 11.9. The number of nitrogens with zero attached hydrogens (tertiary/aromatic N) is 4. The van der Waals surface area contributed by atoms with Crippen LogP contribution in [0.4, 0.5) is 14.5 Å². The van der Waals surface area contributed by atoms with Crippen LogP contribution in [0.2, 0.25) is 56.4 Å². The number of rotatable bonds is 15. The van der Waals surface area contributed by atoms with Crippen molar-refractivity contribution >= 4 is 76.4 Å². The van der Waals surface area contributed by atoms with E-state index in [4.69, 9.17) is 21.1 Å². The maximum atomic E-state index is 15.6. The van der Waals surface area contributed by atoms with Gasteiger partial charge in [-0.3, -0.25) is 4.79 Å². The molecule has 4 rings (SSSR count). The number of halogens is 4. The van der Waals surface area contributed by atoms with E-state index >= 15 is 4.39 Å². The standard InChI is InChI=1S/C30H42BrClF2N4O5SSi2/c1-45(2,3)13-11-42-19-36-18-24(23-15-21(31)16-35-30(23)36)29(39)27-25(34)7-8-26(28(27)32)38(20-43-12-14-46(4,5)6)44(40,41)37-10-9-22(33)17-37/h7-8,15-16,18,22H,9-14,17,19-20H2,1-6H3/t22-/m1/s1. The van der Waals surface area contributed by atoms with Gasteiger partial charge in [0.1, 0.15) is 31.1 Å². The first-order valence-corrected chi connectivity index (χ1v) is 25.1. The molecule has 1 saturated heterocycles. The number of carbonyl (C=O) groups excluding carboxylic acids is 1. The molecule has 1 aliphatic rings. The first kappa shape index (κ1) is 37.1. The van der Waals surface area contributed by atoms with Crippen LogP contribution < -0.4 is 4.31 Å². The Labute approximate surface area is 285 Å². The minimum absolute atomic E-state index is 0.0269. The van der Waals surface area contributed by atoms with E-state index in [2.05, 4.69) is 60.2 Å². The molecule has 3 aromatic rings. The number of ketones is 1. The van der Waals surface area contributed by atoms with Gasteiger partial charge in [0.25, 0.3) is 0 Å². The summed E-state index contributed by atoms with van der Waals surface area (Å²) in [6, 6.07) is 5.63. The van der Waals surface area contributed by atoms with Crippen molar-refractivity contribution in [2.45, 2.75) is 70.7 Å². The molecule has 0 spiro atoms. The van der Waals surface area contributed by atoms with Crippen molar-refractivity contribution in [1.82, 2.24) is 13.9 Å². The van der Waals surface area contributed by atoms with E-state index < -0.39 is 61.4 Å². The van der Waals surface area contributed by atoms with Crippen LogP contribution in [0, 0.1) is 5.82 Å². The van der Waals surface area contributed by atoms with Crippen molar-refractivity contribution in [3.63, 3.8) is 0 Å². The SMILES string of the molecule is C[Si](C)(C)CCOCN(c1ccc(F)c(C(=O)c2cn(COCC[Si](C)(C)C)c3ncc(Br)cc23)c1Cl)S(=O)(=O)N1CC[C@@H](F)C1. The average Bonchev–Trinajstić information content (AvgIpc) is 3.54. The van der Waals surface area contributed by atoms with Gasteiger partial charge in [0.2, 0.25) is 0 Å². The third kappa shape index (κ3) is 9.04. The zero-order valence-corrected chi connectivity index (χ0v) is 32.2. The number of anilines is 1. The number of alkyl halides is 1. The summed E-state index contributed by atoms with van der Waals surface area (Å²) in [5.41, 5.74) is -0.0532. The van der Waals surface area contributed by atoms with Gasteiger partial charge in [0.05, 0.1) is 21.8 Å². The predicted molar refractivity (Wildman–Crippen MR) is 188 cm³/mol. The highest BCUT2D eigenvalue weighted by atomic mass is 79.9. The zero-order chi connectivity index (χ0) is 34.0. The van der Waals surface area contributed by atoms with Crippen molar-refractivity contribution in [2.75, 3.05) is 37.3 Å². The van der Waals surface area contributed by atoms with Crippen LogP contribution in [0.1, 0.15) is 22.3 Å². The molecule has 1 fully saturated rings. The second-order valence-electron chi connectivity index (χ2n) is 13.9. The van der Waals surface area contributed by atoms with Crippen LogP contribution in [0.5, 0.6) is 0 Å². The van der Waals surface area contributed by atoms with Crippen molar-refractivity contribution in [2.24, 2.45) is 0 Å². The normalized spacial score (nSPS) is 16.4. The maximum absolute atomic E-state index is 15.6. The monoisotopic (exact) mass is 778 g/mol. The first-order valence-electron chi connectivity index (χ1n) is 15.1. The molecule has 1 atom stereocenters. The molecule has 46 heavy (non-hydrogen) atoms. The Balaban J connectivity index is 1.73. The van der Waals surface area contributed by atoms with Crippen LogP contribution >= 0.6 is 27.5 Å². The Morgan fingerprint density at radius 3 is 2.39 bits per heavy atom. The molecule has 0 saturated carbocycles. The zero-order valence-electron chi connectivity index (χ0n) is 27.1. The largest absolute Gasteiger partial charge is 0.361 e. The number of aromatic nitrogens is 2. The summed E-state index contributed by atoms with van der Waals surface area (Å²) in [5.74, 6) is -1.67. The van der Waals surface area contributed by atoms with Gasteiger partial charge >= 0.3 is 10.2 Å². The van der Waals surface area contributed by atoms with Gasteiger partial charge in [-0.15, -0.1) is 0 Å². The van der Waals surface area contributed by atoms with Gasteiger partial charge in [0, 0.05) is 64.7 Å². The molecule has 0 N–H and O–H groups in total. The van der Waals surface area contributed by atoms with E-state index in [1.807, 2.05) is 0 Å². The fourth-order valence-corrected chi connectivity index (χ4v) is 8.68. The molecule has 2 aromatic heterocycles. The summed E-state index contributed by atoms with van der Waals surface area (Å²) in [6.07, 6.45) is 1.88. The van der Waals surface area contributed by atoms with E-state index in [9.17, 15) is 17.6 Å². The number of ether oxygens (including phenoxy) is 2. The Morgan fingerprint density at radius 1 is 1.13 bits per heavy atom. The van der Waals surface area contributed by atoms with Crippen LogP contribution in [-0.2, 0) is 26.4 Å². The first-order chi connectivity index (χ1) is 21.4. The Morgan fingerprint density at radius 2 is 1.78 bits per heavy atom. The second-order valence-corrected chi connectivity index (χ2v) is 28.3. The van der Waals surface area contributed by atoms with Crippen LogP contribution in [0.3, 0.4) is 0 Å². The van der Waals surface area contributed by atoms with E-state index in [1.54, 1.807) is 23.0 Å². The highest BCUT2D eigenvalue weighted by Crippen LogP contribution is 2.37. The van der Waals surface area contributed by atoms with Gasteiger partial charge in [0.15, 0.2) is 5.78 Å². The lowest BCUT2D eigenvalue weighted by Gasteiger charge is -2.30. The predicted octanol–water partition coefficient (Wildman–Crippen LogP) is 7.54. The summed E-state index contributed by atoms with van der Waals surface area (Å²) >= 11 is 10.2. The van der Waals surface area contributed by atoms with Gasteiger partial charge < -0.3 is 14.0 Å². The van der Waals surface area contributed by atoms with E-state index in [-0.39, 0.29) is 37.5 Å². The highest BCUT2D eigenvalue weighted by Gasteiger charge is 2.38. The molecule has 1 aliphatic heterocycles. The van der Waals surface area contributed by atoms with Gasteiger partial charge in [-0.05, 0) is 52.6 Å². The molecule has 16 heteroatoms. The lowest BCUT2D eigenvalue weighted by molar-refractivity contribution is 0.0896. The number of carbonyl (C=O) groups is 1. The fourth-order valence-electron chi connectivity index (χ4n) is 4.87. The number of fused-ring (bicyclic) bond motifs is 1. The van der Waals surface area contributed by atoms with E-state index in [1.165, 1.54) is 6.07 Å². The molecular weight excluding hydrogens is 738 g/mol. The number of benzene rings is 1. The number of pyridine rings is 1. The summed E-state index contributed by atoms with van der Waals surface area (Å²) in [6.45, 7) is 13.4. The average molecular weight is 780 g/mol. The van der Waals surface area contributed by atoms with Crippen LogP contribution in [0.25, 0.3) is 11.0 Å². The molecule has 0 unspecified atom stereocenters. The molecule has 0 bridgehead atoms. The van der Waals surface area contributed by atoms with Gasteiger partial charge in [-0.2, -0.15) is 12.7 Å². The summed E-state index contributed by atoms with van der Waals surface area (Å²) in [4.78, 5) is 18.6. The number of hydrogen-bond donors (Lipinski definition) is 0. The minimum Gasteiger partial charge on any atom is -0.361 e. The molecule has 0 radical (unpaired) electrons. The highest BCUT2D eigenvalue weighted by molar-refractivity contribution is 9.10. The number of hydrogen-bond acceptors (Lipinski definition) is 6. The van der Waals surface area contributed by atoms with Crippen LogP contribution in [0.15, 0.2) is 35.1 Å². The van der Waals surface area contributed by atoms with Gasteiger partial charge in [-0.25, -0.2) is 18.1 Å². The molecule has 0 aliphatic carbocycles. The van der Waals surface area contributed by atoms with Gasteiger partial charge in [-0.1, -0.05) is 50.9 Å². The topological polar surface area (TPSA) is 94.0 Å². The molecular formula is C30H42BrClF2N4O5SSi2. The lowest BCUT2D eigenvalue weighted by atomic mass is 10.0. The van der Waals surface area contributed by atoms with E-state index in [0.717, 1.165) is 26.8 Å². The van der Waals surface area contributed by atoms with Crippen molar-refractivity contribution in [3.8, 4) is 0 Å². The summed E-state index contributed by atoms with van der Waals surface area (Å²) in [7, 11) is -7.18. The molecule has 1 aromatic carbocycles. The molecule has 254 valence electrons. The third-order valence-corrected chi connectivity index (χ3v) is 13.7. The Hall–Kier alpha value is -1.73.